The van der Waals surface area contributed by atoms with Gasteiger partial charge in [0.05, 0.1) is 5.69 Å². The molecular formula is C18H24N2O2. The van der Waals surface area contributed by atoms with E-state index in [9.17, 15) is 4.79 Å². The number of nitrogens with zero attached hydrogens (tertiary/aromatic N) is 2. The van der Waals surface area contributed by atoms with Gasteiger partial charge < -0.3 is 9.42 Å². The Hall–Kier alpha value is -2.10. The molecule has 4 nitrogen and oxygen atoms in total. The molecule has 0 N–H and O–H groups in total. The summed E-state index contributed by atoms with van der Waals surface area (Å²) in [6.07, 6.45) is 1.13. The van der Waals surface area contributed by atoms with E-state index < -0.39 is 0 Å². The molecule has 1 heterocycles. The summed E-state index contributed by atoms with van der Waals surface area (Å²) in [6, 6.07) is 6.24. The van der Waals surface area contributed by atoms with Crippen molar-refractivity contribution in [2.75, 3.05) is 11.4 Å². The molecule has 2 aromatic rings. The van der Waals surface area contributed by atoms with E-state index in [1.54, 1.807) is 0 Å². The monoisotopic (exact) mass is 300 g/mol. The van der Waals surface area contributed by atoms with E-state index in [1.165, 1.54) is 11.1 Å². The molecule has 0 radical (unpaired) electrons. The highest BCUT2D eigenvalue weighted by Gasteiger charge is 2.17. The van der Waals surface area contributed by atoms with E-state index >= 15 is 0 Å². The van der Waals surface area contributed by atoms with Gasteiger partial charge in [-0.1, -0.05) is 11.2 Å². The smallest absolute Gasteiger partial charge is 0.227 e. The second kappa shape index (κ2) is 6.77. The summed E-state index contributed by atoms with van der Waals surface area (Å²) in [6.45, 7) is 10.6. The van der Waals surface area contributed by atoms with Crippen molar-refractivity contribution >= 4 is 11.6 Å². The molecule has 2 rings (SSSR count). The predicted molar refractivity (Wildman–Crippen MR) is 88.2 cm³/mol. The summed E-state index contributed by atoms with van der Waals surface area (Å²) in [5.41, 5.74) is 5.24. The zero-order chi connectivity index (χ0) is 16.3. The number of hydrogen-bond acceptors (Lipinski definition) is 3. The van der Waals surface area contributed by atoms with Crippen LogP contribution in [0.1, 0.15) is 41.5 Å². The van der Waals surface area contributed by atoms with E-state index in [-0.39, 0.29) is 5.91 Å². The first-order chi connectivity index (χ1) is 10.4. The third-order valence-corrected chi connectivity index (χ3v) is 3.91. The summed E-state index contributed by atoms with van der Waals surface area (Å²) in [5.74, 6) is 0.937. The van der Waals surface area contributed by atoms with Crippen molar-refractivity contribution in [1.82, 2.24) is 5.16 Å². The third kappa shape index (κ3) is 3.56. The molecule has 1 aromatic heterocycles. The largest absolute Gasteiger partial charge is 0.361 e. The minimum Gasteiger partial charge on any atom is -0.361 e. The molecular weight excluding hydrogens is 276 g/mol. The Morgan fingerprint density at radius 1 is 1.14 bits per heavy atom. The molecule has 4 heteroatoms. The van der Waals surface area contributed by atoms with Crippen LogP contribution in [-0.4, -0.2) is 17.6 Å². The topological polar surface area (TPSA) is 46.3 Å². The van der Waals surface area contributed by atoms with Gasteiger partial charge in [0.2, 0.25) is 5.91 Å². The predicted octanol–water partition coefficient (Wildman–Crippen LogP) is 3.89. The normalized spacial score (nSPS) is 10.8. The van der Waals surface area contributed by atoms with Crippen LogP contribution in [0.3, 0.4) is 0 Å². The third-order valence-electron chi connectivity index (χ3n) is 3.91. The quantitative estimate of drug-likeness (QED) is 0.841. The minimum atomic E-state index is 0.132. The standard InChI is InChI=1S/C18H24N2O2/c1-6-20(16-10-12(2)9-13(3)11-16)18(21)8-7-17-14(4)19-22-15(17)5/h9-11H,6-8H2,1-5H3. The van der Waals surface area contributed by atoms with Gasteiger partial charge in [0.1, 0.15) is 5.76 Å². The average Bonchev–Trinajstić information content (AvgIpc) is 2.75. The molecule has 1 amide bonds. The summed E-state index contributed by atoms with van der Waals surface area (Å²) >= 11 is 0. The van der Waals surface area contributed by atoms with Crippen molar-refractivity contribution < 1.29 is 9.32 Å². The molecule has 0 aliphatic rings. The van der Waals surface area contributed by atoms with E-state index in [0.29, 0.717) is 19.4 Å². The molecule has 0 atom stereocenters. The van der Waals surface area contributed by atoms with Crippen molar-refractivity contribution in [2.45, 2.75) is 47.5 Å². The Balaban J connectivity index is 2.12. The highest BCUT2D eigenvalue weighted by atomic mass is 16.5. The second-order valence-electron chi connectivity index (χ2n) is 5.79. The number of anilines is 1. The molecule has 0 saturated heterocycles. The van der Waals surface area contributed by atoms with Crippen LogP contribution in [0.25, 0.3) is 0 Å². The Labute approximate surface area is 132 Å². The number of benzene rings is 1. The molecule has 118 valence electrons. The van der Waals surface area contributed by atoms with Crippen molar-refractivity contribution in [2.24, 2.45) is 0 Å². The highest BCUT2D eigenvalue weighted by Crippen LogP contribution is 2.21. The van der Waals surface area contributed by atoms with Crippen LogP contribution < -0.4 is 4.90 Å². The summed E-state index contributed by atoms with van der Waals surface area (Å²) in [4.78, 5) is 14.4. The van der Waals surface area contributed by atoms with E-state index in [2.05, 4.69) is 37.2 Å². The second-order valence-corrected chi connectivity index (χ2v) is 5.79. The van der Waals surface area contributed by atoms with Crippen LogP contribution in [0.15, 0.2) is 22.7 Å². The SMILES string of the molecule is CCN(C(=O)CCc1c(C)noc1C)c1cc(C)cc(C)c1. The van der Waals surface area contributed by atoms with Gasteiger partial charge in [0.25, 0.3) is 0 Å². The first-order valence-electron chi connectivity index (χ1n) is 7.72. The number of aryl methyl sites for hydroxylation is 4. The van der Waals surface area contributed by atoms with Gasteiger partial charge in [0, 0.05) is 24.2 Å². The van der Waals surface area contributed by atoms with Crippen molar-refractivity contribution in [1.29, 1.82) is 0 Å². The zero-order valence-corrected chi connectivity index (χ0v) is 14.1. The van der Waals surface area contributed by atoms with Crippen LogP contribution in [-0.2, 0) is 11.2 Å². The van der Waals surface area contributed by atoms with Crippen molar-refractivity contribution in [3.8, 4) is 0 Å². The molecule has 0 unspecified atom stereocenters. The Bertz CT molecular complexity index is 634. The molecule has 22 heavy (non-hydrogen) atoms. The summed E-state index contributed by atoms with van der Waals surface area (Å²) < 4.78 is 5.16. The molecule has 0 bridgehead atoms. The summed E-state index contributed by atoms with van der Waals surface area (Å²) in [5, 5.41) is 3.94. The van der Waals surface area contributed by atoms with Gasteiger partial charge in [-0.3, -0.25) is 4.79 Å². The first-order valence-corrected chi connectivity index (χ1v) is 7.72. The van der Waals surface area contributed by atoms with Crippen LogP contribution >= 0.6 is 0 Å². The molecule has 0 fully saturated rings. The molecule has 0 saturated carbocycles. The highest BCUT2D eigenvalue weighted by molar-refractivity contribution is 5.93. The molecule has 1 aromatic carbocycles. The number of rotatable bonds is 5. The lowest BCUT2D eigenvalue weighted by Crippen LogP contribution is -2.31. The Morgan fingerprint density at radius 2 is 1.77 bits per heavy atom. The van der Waals surface area contributed by atoms with Crippen LogP contribution in [0, 0.1) is 27.7 Å². The number of carbonyl (C=O) groups excluding carboxylic acids is 1. The zero-order valence-electron chi connectivity index (χ0n) is 14.1. The van der Waals surface area contributed by atoms with Gasteiger partial charge in [-0.2, -0.15) is 0 Å². The fraction of sp³-hybridized carbons (Fsp3) is 0.444. The Kier molecular flexibility index (Phi) is 5.01. The van der Waals surface area contributed by atoms with Crippen molar-refractivity contribution in [3.63, 3.8) is 0 Å². The van der Waals surface area contributed by atoms with Crippen LogP contribution in [0.5, 0.6) is 0 Å². The maximum Gasteiger partial charge on any atom is 0.227 e. The van der Waals surface area contributed by atoms with Gasteiger partial charge in [-0.15, -0.1) is 0 Å². The number of amides is 1. The maximum atomic E-state index is 12.6. The lowest BCUT2D eigenvalue weighted by Gasteiger charge is -2.22. The number of hydrogen-bond donors (Lipinski definition) is 0. The summed E-state index contributed by atoms with van der Waals surface area (Å²) in [7, 11) is 0. The van der Waals surface area contributed by atoms with Gasteiger partial charge >= 0.3 is 0 Å². The molecule has 0 aliphatic carbocycles. The fourth-order valence-corrected chi connectivity index (χ4v) is 2.84. The molecule has 0 aliphatic heterocycles. The average molecular weight is 300 g/mol. The van der Waals surface area contributed by atoms with Gasteiger partial charge in [0.15, 0.2) is 0 Å². The van der Waals surface area contributed by atoms with E-state index in [0.717, 1.165) is 22.7 Å². The number of carbonyl (C=O) groups is 1. The van der Waals surface area contributed by atoms with Gasteiger partial charge in [-0.25, -0.2) is 0 Å². The van der Waals surface area contributed by atoms with Crippen LogP contribution in [0.4, 0.5) is 5.69 Å². The molecule has 0 spiro atoms. The maximum absolute atomic E-state index is 12.6. The fourth-order valence-electron chi connectivity index (χ4n) is 2.84. The van der Waals surface area contributed by atoms with Crippen molar-refractivity contribution in [3.05, 3.63) is 46.3 Å². The Morgan fingerprint density at radius 3 is 2.27 bits per heavy atom. The minimum absolute atomic E-state index is 0.132. The van der Waals surface area contributed by atoms with E-state index in [4.69, 9.17) is 4.52 Å². The first kappa shape index (κ1) is 16.3. The number of aromatic nitrogens is 1. The van der Waals surface area contributed by atoms with Gasteiger partial charge in [-0.05, 0) is 64.3 Å². The lowest BCUT2D eigenvalue weighted by atomic mass is 10.1. The van der Waals surface area contributed by atoms with Crippen LogP contribution in [0.2, 0.25) is 0 Å². The lowest BCUT2D eigenvalue weighted by molar-refractivity contribution is -0.118. The van der Waals surface area contributed by atoms with E-state index in [1.807, 2.05) is 25.7 Å².